The van der Waals surface area contributed by atoms with E-state index < -0.39 is 23.5 Å². The van der Waals surface area contributed by atoms with E-state index in [0.717, 1.165) is 11.1 Å². The van der Waals surface area contributed by atoms with Crippen LogP contribution in [0, 0.1) is 0 Å². The van der Waals surface area contributed by atoms with Crippen molar-refractivity contribution in [3.8, 4) is 5.75 Å². The second kappa shape index (κ2) is 8.67. The number of carbonyl (C=O) groups is 2. The number of hydrogen-bond acceptors (Lipinski definition) is 5. The molecule has 0 spiro atoms. The molecule has 0 radical (unpaired) electrons. The van der Waals surface area contributed by atoms with E-state index >= 15 is 0 Å². The van der Waals surface area contributed by atoms with Gasteiger partial charge in [-0.1, -0.05) is 54.6 Å². The summed E-state index contributed by atoms with van der Waals surface area (Å²) in [5.41, 5.74) is 2.08. The Labute approximate surface area is 179 Å². The number of amides is 1. The number of ketones is 1. The zero-order valence-electron chi connectivity index (χ0n) is 16.6. The lowest BCUT2D eigenvalue weighted by atomic mass is 9.95. The monoisotopic (exact) mass is 412 g/mol. The minimum Gasteiger partial charge on any atom is -0.508 e. The number of carbonyl (C=O) groups excluding carboxylic acids is 2. The van der Waals surface area contributed by atoms with Crippen molar-refractivity contribution in [1.82, 2.24) is 9.88 Å². The van der Waals surface area contributed by atoms with E-state index in [2.05, 4.69) is 4.98 Å². The van der Waals surface area contributed by atoms with Gasteiger partial charge in [-0.3, -0.25) is 14.6 Å². The number of hydrogen-bond donors (Lipinski definition) is 2. The van der Waals surface area contributed by atoms with E-state index in [1.165, 1.54) is 23.1 Å². The van der Waals surface area contributed by atoms with Crippen molar-refractivity contribution in [2.75, 3.05) is 0 Å². The number of nitrogens with zero attached hydrogens (tertiary/aromatic N) is 2. The molecule has 6 nitrogen and oxygen atoms in total. The van der Waals surface area contributed by atoms with Crippen LogP contribution in [0.1, 0.15) is 22.7 Å². The predicted octanol–water partition coefficient (Wildman–Crippen LogP) is 3.97. The Kier molecular flexibility index (Phi) is 5.62. The maximum absolute atomic E-state index is 13.1. The fourth-order valence-electron chi connectivity index (χ4n) is 3.62. The molecular weight excluding hydrogens is 392 g/mol. The summed E-state index contributed by atoms with van der Waals surface area (Å²) in [6.45, 7) is 0.149. The number of aromatic nitrogens is 1. The number of aliphatic hydroxyl groups excluding tert-OH is 1. The Morgan fingerprint density at radius 1 is 1.03 bits per heavy atom. The Hall–Kier alpha value is -4.19. The Morgan fingerprint density at radius 3 is 2.55 bits per heavy atom. The fraction of sp³-hybridized carbons (Fsp3) is 0.0800. The average Bonchev–Trinajstić information content (AvgIpc) is 3.04. The SMILES string of the molecule is O=C(C=Cc1ccccc1)C1=C(O)C(=O)N(Cc2cccnc2)C1c1cccc(O)c1. The molecule has 1 aliphatic heterocycles. The molecule has 0 fully saturated rings. The third kappa shape index (κ3) is 4.23. The van der Waals surface area contributed by atoms with Crippen LogP contribution in [0.4, 0.5) is 0 Å². The molecule has 154 valence electrons. The van der Waals surface area contributed by atoms with Crippen LogP contribution in [0.2, 0.25) is 0 Å². The fourth-order valence-corrected chi connectivity index (χ4v) is 3.62. The van der Waals surface area contributed by atoms with Crippen LogP contribution in [-0.2, 0) is 16.1 Å². The van der Waals surface area contributed by atoms with Crippen LogP contribution < -0.4 is 0 Å². The molecule has 1 atom stereocenters. The summed E-state index contributed by atoms with van der Waals surface area (Å²) in [6.07, 6.45) is 6.23. The van der Waals surface area contributed by atoms with Crippen molar-refractivity contribution < 1.29 is 19.8 Å². The first-order chi connectivity index (χ1) is 15.0. The second-order valence-electron chi connectivity index (χ2n) is 7.16. The molecule has 0 aliphatic carbocycles. The highest BCUT2D eigenvalue weighted by Gasteiger charge is 2.43. The van der Waals surface area contributed by atoms with Gasteiger partial charge in [-0.2, -0.15) is 0 Å². The van der Waals surface area contributed by atoms with Gasteiger partial charge < -0.3 is 15.1 Å². The summed E-state index contributed by atoms with van der Waals surface area (Å²) in [6, 6.07) is 18.3. The number of allylic oxidation sites excluding steroid dienone is 1. The zero-order chi connectivity index (χ0) is 21.8. The minimum atomic E-state index is -0.840. The molecule has 6 heteroatoms. The average molecular weight is 412 g/mol. The molecule has 1 aliphatic rings. The smallest absolute Gasteiger partial charge is 0.290 e. The van der Waals surface area contributed by atoms with Gasteiger partial charge in [0.05, 0.1) is 11.6 Å². The number of pyridine rings is 1. The van der Waals surface area contributed by atoms with E-state index in [1.54, 1.807) is 36.7 Å². The van der Waals surface area contributed by atoms with E-state index in [-0.39, 0.29) is 17.9 Å². The Morgan fingerprint density at radius 2 is 1.84 bits per heavy atom. The first kappa shape index (κ1) is 20.1. The molecule has 1 aromatic heterocycles. The van der Waals surface area contributed by atoms with Gasteiger partial charge in [0.25, 0.3) is 5.91 Å². The Balaban J connectivity index is 1.73. The highest BCUT2D eigenvalue weighted by Crippen LogP contribution is 2.39. The highest BCUT2D eigenvalue weighted by atomic mass is 16.3. The van der Waals surface area contributed by atoms with Crippen LogP contribution >= 0.6 is 0 Å². The number of benzene rings is 2. The van der Waals surface area contributed by atoms with Crippen molar-refractivity contribution in [2.45, 2.75) is 12.6 Å². The molecule has 2 aromatic carbocycles. The molecular formula is C25H20N2O4. The lowest BCUT2D eigenvalue weighted by molar-refractivity contribution is -0.130. The van der Waals surface area contributed by atoms with E-state index in [0.29, 0.717) is 5.56 Å². The van der Waals surface area contributed by atoms with Gasteiger partial charge in [0, 0.05) is 18.9 Å². The van der Waals surface area contributed by atoms with Gasteiger partial charge in [-0.25, -0.2) is 0 Å². The zero-order valence-corrected chi connectivity index (χ0v) is 16.6. The number of phenolic OH excluding ortho intramolecular Hbond substituents is 1. The lowest BCUT2D eigenvalue weighted by Crippen LogP contribution is -2.30. The number of aromatic hydroxyl groups is 1. The molecule has 31 heavy (non-hydrogen) atoms. The predicted molar refractivity (Wildman–Crippen MR) is 116 cm³/mol. The molecule has 1 unspecified atom stereocenters. The molecule has 3 aromatic rings. The molecule has 1 amide bonds. The van der Waals surface area contributed by atoms with Crippen LogP contribution in [0.5, 0.6) is 5.75 Å². The largest absolute Gasteiger partial charge is 0.508 e. The van der Waals surface area contributed by atoms with Crippen LogP contribution in [0.25, 0.3) is 6.08 Å². The molecule has 0 saturated heterocycles. The van der Waals surface area contributed by atoms with Gasteiger partial charge in [-0.15, -0.1) is 0 Å². The third-order valence-corrected chi connectivity index (χ3v) is 5.06. The minimum absolute atomic E-state index is 0.00398. The summed E-state index contributed by atoms with van der Waals surface area (Å²) in [4.78, 5) is 31.5. The first-order valence-electron chi connectivity index (χ1n) is 9.74. The number of aliphatic hydroxyl groups is 1. The lowest BCUT2D eigenvalue weighted by Gasteiger charge is -2.26. The van der Waals surface area contributed by atoms with E-state index in [1.807, 2.05) is 36.4 Å². The van der Waals surface area contributed by atoms with Crippen molar-refractivity contribution >= 4 is 17.8 Å². The summed E-state index contributed by atoms with van der Waals surface area (Å²) < 4.78 is 0. The van der Waals surface area contributed by atoms with E-state index in [9.17, 15) is 19.8 Å². The van der Waals surface area contributed by atoms with Gasteiger partial charge in [0.1, 0.15) is 5.75 Å². The molecule has 0 saturated carbocycles. The molecule has 2 N–H and O–H groups in total. The number of phenols is 1. The van der Waals surface area contributed by atoms with Crippen molar-refractivity contribution in [1.29, 1.82) is 0 Å². The summed E-state index contributed by atoms with van der Waals surface area (Å²) in [7, 11) is 0. The summed E-state index contributed by atoms with van der Waals surface area (Å²) >= 11 is 0. The van der Waals surface area contributed by atoms with Crippen LogP contribution in [-0.4, -0.2) is 31.8 Å². The van der Waals surface area contributed by atoms with Gasteiger partial charge in [0.15, 0.2) is 11.5 Å². The van der Waals surface area contributed by atoms with Gasteiger partial charge in [-0.05, 0) is 41.0 Å². The number of rotatable bonds is 6. The molecule has 4 rings (SSSR count). The summed E-state index contributed by atoms with van der Waals surface area (Å²) in [5, 5.41) is 20.6. The highest BCUT2D eigenvalue weighted by molar-refractivity contribution is 6.14. The van der Waals surface area contributed by atoms with Crippen LogP contribution in [0.15, 0.2) is 96.5 Å². The van der Waals surface area contributed by atoms with Crippen LogP contribution in [0.3, 0.4) is 0 Å². The quantitative estimate of drug-likeness (QED) is 0.598. The van der Waals surface area contributed by atoms with E-state index in [4.69, 9.17) is 0 Å². The molecule has 2 heterocycles. The van der Waals surface area contributed by atoms with Gasteiger partial charge >= 0.3 is 0 Å². The third-order valence-electron chi connectivity index (χ3n) is 5.06. The Bertz CT molecular complexity index is 1170. The standard InChI is InChI=1S/C25H20N2O4/c28-20-10-4-9-19(14-20)23-22(21(29)12-11-17-6-2-1-3-7-17)24(30)25(31)27(23)16-18-8-5-13-26-15-18/h1-15,23,28,30H,16H2. The topological polar surface area (TPSA) is 90.7 Å². The van der Waals surface area contributed by atoms with Crippen molar-refractivity contribution in [3.05, 3.63) is 113 Å². The normalized spacial score (nSPS) is 16.3. The van der Waals surface area contributed by atoms with Gasteiger partial charge in [0.2, 0.25) is 0 Å². The van der Waals surface area contributed by atoms with Crippen molar-refractivity contribution in [2.24, 2.45) is 0 Å². The maximum atomic E-state index is 13.1. The molecule has 0 bridgehead atoms. The first-order valence-corrected chi connectivity index (χ1v) is 9.74. The summed E-state index contributed by atoms with van der Waals surface area (Å²) in [5.74, 6) is -1.70. The second-order valence-corrected chi connectivity index (χ2v) is 7.16. The maximum Gasteiger partial charge on any atom is 0.290 e. The van der Waals surface area contributed by atoms with Crippen molar-refractivity contribution in [3.63, 3.8) is 0 Å².